The number of halogens is 8. The molecule has 0 aromatic heterocycles. The maximum Gasteiger partial charge on any atom is 0.417 e. The Hall–Kier alpha value is -1.40. The molecule has 0 saturated heterocycles. The van der Waals surface area contributed by atoms with Crippen LogP contribution < -0.4 is 0 Å². The van der Waals surface area contributed by atoms with Gasteiger partial charge in [-0.25, -0.2) is 0 Å². The minimum atomic E-state index is -4.77. The Morgan fingerprint density at radius 2 is 1.45 bits per heavy atom. The van der Waals surface area contributed by atoms with Crippen LogP contribution >= 0.6 is 23.2 Å². The van der Waals surface area contributed by atoms with Gasteiger partial charge in [0.05, 0.1) is 16.1 Å². The molecule has 0 bridgehead atoms. The van der Waals surface area contributed by atoms with E-state index in [4.69, 9.17) is 23.2 Å². The second kappa shape index (κ2) is 5.66. The van der Waals surface area contributed by atoms with Gasteiger partial charge in [0.1, 0.15) is 0 Å². The number of benzene rings is 2. The number of hydrogen-bond donors (Lipinski definition) is 0. The van der Waals surface area contributed by atoms with Crippen LogP contribution in [-0.4, -0.2) is 0 Å². The van der Waals surface area contributed by atoms with Crippen molar-refractivity contribution in [3.63, 3.8) is 0 Å². The lowest BCUT2D eigenvalue weighted by Crippen LogP contribution is -2.08. The second-order valence-corrected chi connectivity index (χ2v) is 5.12. The summed E-state index contributed by atoms with van der Waals surface area (Å²) in [6.07, 6.45) is -9.50. The summed E-state index contributed by atoms with van der Waals surface area (Å²) in [5.74, 6) is 0. The number of hydrogen-bond acceptors (Lipinski definition) is 0. The van der Waals surface area contributed by atoms with Crippen LogP contribution in [0.5, 0.6) is 0 Å². The van der Waals surface area contributed by atoms with Gasteiger partial charge in [0, 0.05) is 16.7 Å². The summed E-state index contributed by atoms with van der Waals surface area (Å²) in [5, 5.41) is -0.419. The van der Waals surface area contributed by atoms with Crippen LogP contribution in [-0.2, 0) is 12.4 Å². The van der Waals surface area contributed by atoms with Crippen molar-refractivity contribution in [1.29, 1.82) is 0 Å². The molecule has 8 heteroatoms. The fraction of sp³-hybridized carbons (Fsp3) is 0.143. The van der Waals surface area contributed by atoms with Crippen molar-refractivity contribution >= 4 is 23.2 Å². The lowest BCUT2D eigenvalue weighted by molar-refractivity contribution is -0.137. The molecule has 0 heterocycles. The van der Waals surface area contributed by atoms with E-state index >= 15 is 0 Å². The van der Waals surface area contributed by atoms with Gasteiger partial charge in [-0.2, -0.15) is 26.3 Å². The van der Waals surface area contributed by atoms with Gasteiger partial charge in [0.2, 0.25) is 0 Å². The zero-order valence-electron chi connectivity index (χ0n) is 10.4. The highest BCUT2D eigenvalue weighted by Gasteiger charge is 2.35. The summed E-state index contributed by atoms with van der Waals surface area (Å²) in [6, 6.07) is 5.83. The molecule has 0 spiro atoms. The molecule has 0 aliphatic heterocycles. The van der Waals surface area contributed by atoms with Crippen molar-refractivity contribution in [3.05, 3.63) is 57.6 Å². The summed E-state index contributed by atoms with van der Waals surface area (Å²) in [5.41, 5.74) is -3.26. The van der Waals surface area contributed by atoms with Crippen LogP contribution in [0.25, 0.3) is 11.1 Å². The van der Waals surface area contributed by atoms with E-state index < -0.39 is 34.6 Å². The topological polar surface area (TPSA) is 0 Å². The van der Waals surface area contributed by atoms with E-state index in [0.29, 0.717) is 18.2 Å². The maximum atomic E-state index is 13.0. The van der Waals surface area contributed by atoms with Gasteiger partial charge in [-0.3, -0.25) is 0 Å². The van der Waals surface area contributed by atoms with Gasteiger partial charge >= 0.3 is 12.4 Å². The van der Waals surface area contributed by atoms with Gasteiger partial charge in [-0.05, 0) is 35.9 Å². The first-order valence-electron chi connectivity index (χ1n) is 5.65. The van der Waals surface area contributed by atoms with Crippen LogP contribution in [0.15, 0.2) is 30.3 Å². The molecule has 0 N–H and O–H groups in total. The van der Waals surface area contributed by atoms with Crippen molar-refractivity contribution in [2.24, 2.45) is 0 Å². The van der Waals surface area contributed by atoms with Crippen molar-refractivity contribution in [2.75, 3.05) is 0 Å². The first kappa shape index (κ1) is 17.0. The molecule has 1 radical (unpaired) electrons. The molecule has 0 aliphatic carbocycles. The van der Waals surface area contributed by atoms with E-state index in [0.717, 1.165) is 12.1 Å². The predicted molar refractivity (Wildman–Crippen MR) is 70.7 cm³/mol. The molecular formula is C14H5Cl2F6. The van der Waals surface area contributed by atoms with Crippen molar-refractivity contribution in [3.8, 4) is 11.1 Å². The van der Waals surface area contributed by atoms with Gasteiger partial charge in [-0.1, -0.05) is 23.2 Å². The summed E-state index contributed by atoms with van der Waals surface area (Å²) in [4.78, 5) is 0. The van der Waals surface area contributed by atoms with Crippen LogP contribution in [0.1, 0.15) is 11.1 Å². The molecule has 117 valence electrons. The first-order valence-corrected chi connectivity index (χ1v) is 6.41. The average molecular weight is 358 g/mol. The molecule has 2 aromatic carbocycles. The Labute approximate surface area is 131 Å². The number of rotatable bonds is 1. The van der Waals surface area contributed by atoms with Crippen molar-refractivity contribution in [2.45, 2.75) is 12.4 Å². The van der Waals surface area contributed by atoms with Crippen molar-refractivity contribution in [1.82, 2.24) is 0 Å². The van der Waals surface area contributed by atoms with E-state index in [1.54, 1.807) is 0 Å². The first-order chi connectivity index (χ1) is 10.00. The standard InChI is InChI=1S/C14H5Cl2F6/c15-8-2-3-11(14(20,21)22)9(6-8)10-5-7(13(17,18)19)1-4-12(10)16/h1-3,5-6H. The normalized spacial score (nSPS) is 12.5. The molecule has 0 fully saturated rings. The Bertz CT molecular complexity index is 703. The van der Waals surface area contributed by atoms with E-state index in [1.807, 2.05) is 0 Å². The highest BCUT2D eigenvalue weighted by atomic mass is 35.5. The highest BCUT2D eigenvalue weighted by molar-refractivity contribution is 6.33. The molecule has 2 rings (SSSR count). The fourth-order valence-electron chi connectivity index (χ4n) is 1.83. The van der Waals surface area contributed by atoms with E-state index in [9.17, 15) is 26.3 Å². The quantitative estimate of drug-likeness (QED) is 0.511. The third kappa shape index (κ3) is 3.50. The molecule has 0 atom stereocenters. The molecule has 2 aromatic rings. The zero-order chi connectivity index (χ0) is 16.7. The van der Waals surface area contributed by atoms with Crippen molar-refractivity contribution < 1.29 is 26.3 Å². The predicted octanol–water partition coefficient (Wildman–Crippen LogP) is 6.50. The molecule has 0 nitrogen and oxygen atoms in total. The minimum absolute atomic E-state index is 0.0588. The maximum absolute atomic E-state index is 13.0. The summed E-state index contributed by atoms with van der Waals surface area (Å²) in [7, 11) is 0. The third-order valence-corrected chi connectivity index (χ3v) is 3.34. The summed E-state index contributed by atoms with van der Waals surface area (Å²) < 4.78 is 77.2. The lowest BCUT2D eigenvalue weighted by Gasteiger charge is -2.16. The van der Waals surface area contributed by atoms with E-state index in [1.165, 1.54) is 0 Å². The van der Waals surface area contributed by atoms with Gasteiger partial charge in [0.25, 0.3) is 0 Å². The van der Waals surface area contributed by atoms with Crippen LogP contribution in [0.3, 0.4) is 0 Å². The SMILES string of the molecule is FC(F)(F)c1c[c]c(Cl)c(-c2cc(Cl)ccc2C(F)(F)F)c1. The highest BCUT2D eigenvalue weighted by Crippen LogP contribution is 2.42. The average Bonchev–Trinajstić information content (AvgIpc) is 2.36. The Morgan fingerprint density at radius 1 is 0.818 bits per heavy atom. The molecule has 22 heavy (non-hydrogen) atoms. The van der Waals surface area contributed by atoms with Crippen LogP contribution in [0.2, 0.25) is 10.0 Å². The fourth-order valence-corrected chi connectivity index (χ4v) is 2.21. The molecule has 0 saturated carbocycles. The Morgan fingerprint density at radius 3 is 2.00 bits per heavy atom. The molecular weight excluding hydrogens is 353 g/mol. The Balaban J connectivity index is 2.74. The molecule has 0 unspecified atom stereocenters. The van der Waals surface area contributed by atoms with Gasteiger partial charge in [0.15, 0.2) is 0 Å². The molecule has 0 amide bonds. The summed E-state index contributed by atoms with van der Waals surface area (Å²) in [6.45, 7) is 0. The Kier molecular flexibility index (Phi) is 4.37. The van der Waals surface area contributed by atoms with Crippen LogP contribution in [0, 0.1) is 6.07 Å². The van der Waals surface area contributed by atoms with E-state index in [-0.39, 0.29) is 10.0 Å². The molecule has 0 aliphatic rings. The minimum Gasteiger partial charge on any atom is -0.166 e. The number of alkyl halides is 6. The lowest BCUT2D eigenvalue weighted by atomic mass is 9.97. The van der Waals surface area contributed by atoms with E-state index in [2.05, 4.69) is 6.07 Å². The zero-order valence-corrected chi connectivity index (χ0v) is 11.9. The van der Waals surface area contributed by atoms with Gasteiger partial charge < -0.3 is 0 Å². The van der Waals surface area contributed by atoms with Crippen LogP contribution in [0.4, 0.5) is 26.3 Å². The summed E-state index contributed by atoms with van der Waals surface area (Å²) >= 11 is 11.4. The smallest absolute Gasteiger partial charge is 0.166 e. The largest absolute Gasteiger partial charge is 0.417 e. The second-order valence-electron chi connectivity index (χ2n) is 4.30. The monoisotopic (exact) mass is 357 g/mol. The third-order valence-electron chi connectivity index (χ3n) is 2.80. The van der Waals surface area contributed by atoms with Gasteiger partial charge in [-0.15, -0.1) is 0 Å².